The molecule has 0 bridgehead atoms. The molecule has 1 aliphatic heterocycles. The van der Waals surface area contributed by atoms with Crippen molar-refractivity contribution in [2.75, 3.05) is 19.4 Å². The molecular weight excluding hydrogens is 407 g/mol. The first-order chi connectivity index (χ1) is 12.8. The Kier molecular flexibility index (Phi) is 5.89. The zero-order chi connectivity index (χ0) is 19.6. The van der Waals surface area contributed by atoms with Crippen LogP contribution in [0.5, 0.6) is 5.75 Å². The van der Waals surface area contributed by atoms with Gasteiger partial charge in [0.15, 0.2) is 0 Å². The van der Waals surface area contributed by atoms with Crippen molar-refractivity contribution in [2.24, 2.45) is 0 Å². The minimum absolute atomic E-state index is 0.268. The Labute approximate surface area is 172 Å². The van der Waals surface area contributed by atoms with Gasteiger partial charge < -0.3 is 10.1 Å². The van der Waals surface area contributed by atoms with Crippen molar-refractivity contribution in [3.63, 3.8) is 0 Å². The van der Waals surface area contributed by atoms with Crippen LogP contribution >= 0.6 is 35.0 Å². The Hall–Kier alpha value is -1.89. The number of carbonyl (C=O) groups is 2. The molecule has 0 radical (unpaired) electrons. The number of rotatable bonds is 6. The fourth-order valence-electron chi connectivity index (χ4n) is 2.85. The van der Waals surface area contributed by atoms with Gasteiger partial charge in [0.05, 0.1) is 12.1 Å². The maximum absolute atomic E-state index is 12.9. The van der Waals surface area contributed by atoms with Gasteiger partial charge in [-0.25, -0.2) is 4.79 Å². The second-order valence-electron chi connectivity index (χ2n) is 6.16. The van der Waals surface area contributed by atoms with E-state index in [9.17, 15) is 9.59 Å². The topological polar surface area (TPSA) is 58.6 Å². The van der Waals surface area contributed by atoms with Crippen LogP contribution in [0.3, 0.4) is 0 Å². The molecule has 3 amide bonds. The summed E-state index contributed by atoms with van der Waals surface area (Å²) in [6.45, 7) is 1.97. The summed E-state index contributed by atoms with van der Waals surface area (Å²) < 4.78 is 5.14. The number of nitrogens with one attached hydrogen (secondary N) is 1. The number of amides is 3. The van der Waals surface area contributed by atoms with Crippen LogP contribution in [0.15, 0.2) is 47.4 Å². The molecule has 0 aromatic heterocycles. The molecule has 27 heavy (non-hydrogen) atoms. The average Bonchev–Trinajstić information content (AvgIpc) is 2.88. The highest BCUT2D eigenvalue weighted by atomic mass is 35.5. The van der Waals surface area contributed by atoms with Gasteiger partial charge in [-0.1, -0.05) is 35.3 Å². The van der Waals surface area contributed by atoms with Gasteiger partial charge >= 0.3 is 6.03 Å². The van der Waals surface area contributed by atoms with Crippen LogP contribution in [0.1, 0.15) is 12.5 Å². The molecule has 8 heteroatoms. The molecule has 1 fully saturated rings. The van der Waals surface area contributed by atoms with Crippen LogP contribution in [-0.4, -0.2) is 36.2 Å². The van der Waals surface area contributed by atoms with Gasteiger partial charge in [-0.15, -0.1) is 11.8 Å². The van der Waals surface area contributed by atoms with E-state index in [0.717, 1.165) is 4.90 Å². The third-order valence-corrected chi connectivity index (χ3v) is 6.12. The Morgan fingerprint density at radius 2 is 1.85 bits per heavy atom. The second-order valence-corrected chi connectivity index (χ2v) is 8.14. The molecule has 0 aliphatic carbocycles. The van der Waals surface area contributed by atoms with Gasteiger partial charge in [0.25, 0.3) is 5.91 Å². The molecule has 2 aromatic carbocycles. The van der Waals surface area contributed by atoms with Gasteiger partial charge in [-0.2, -0.15) is 0 Å². The molecule has 1 heterocycles. The number of methoxy groups -OCH3 is 1. The van der Waals surface area contributed by atoms with Crippen molar-refractivity contribution in [3.8, 4) is 5.75 Å². The van der Waals surface area contributed by atoms with Crippen LogP contribution in [0.2, 0.25) is 10.0 Å². The smallest absolute Gasteiger partial charge is 0.325 e. The normalized spacial score (nSPS) is 19.3. The number of halogens is 2. The molecule has 1 aliphatic rings. The first kappa shape index (κ1) is 19.9. The Bertz CT molecular complexity index is 876. The van der Waals surface area contributed by atoms with Crippen LogP contribution in [0.25, 0.3) is 0 Å². The van der Waals surface area contributed by atoms with E-state index in [2.05, 4.69) is 5.32 Å². The van der Waals surface area contributed by atoms with Crippen LogP contribution in [0, 0.1) is 0 Å². The number of imide groups is 1. The lowest BCUT2D eigenvalue weighted by molar-refractivity contribution is -0.130. The third kappa shape index (κ3) is 4.03. The number of hydrogen-bond donors (Lipinski definition) is 1. The standard InChI is InChI=1S/C19H18Cl2N2O3S/c1-19(12-3-6-14(26-2)7-4-12)17(24)23(18(25)22-19)9-10-27-16-11-13(20)5-8-15(16)21/h3-8,11H,9-10H2,1-2H3,(H,22,25). The van der Waals surface area contributed by atoms with E-state index in [1.807, 2.05) is 0 Å². The number of benzene rings is 2. The number of nitrogens with zero attached hydrogens (tertiary/aromatic N) is 1. The number of hydrogen-bond acceptors (Lipinski definition) is 4. The summed E-state index contributed by atoms with van der Waals surface area (Å²) in [5, 5.41) is 3.97. The maximum Gasteiger partial charge on any atom is 0.325 e. The monoisotopic (exact) mass is 424 g/mol. The van der Waals surface area contributed by atoms with Gasteiger partial charge in [0.2, 0.25) is 0 Å². The Morgan fingerprint density at radius 1 is 1.15 bits per heavy atom. The van der Waals surface area contributed by atoms with E-state index in [1.54, 1.807) is 56.5 Å². The van der Waals surface area contributed by atoms with Crippen molar-refractivity contribution in [1.82, 2.24) is 10.2 Å². The number of ether oxygens (including phenoxy) is 1. The SMILES string of the molecule is COc1ccc(C2(C)NC(=O)N(CCSc3cc(Cl)ccc3Cl)C2=O)cc1. The fraction of sp³-hybridized carbons (Fsp3) is 0.263. The first-order valence-corrected chi connectivity index (χ1v) is 9.96. The minimum atomic E-state index is -1.10. The van der Waals surface area contributed by atoms with Crippen LogP contribution < -0.4 is 10.1 Å². The van der Waals surface area contributed by atoms with Gasteiger partial charge in [-0.05, 0) is 42.8 Å². The van der Waals surface area contributed by atoms with Crippen LogP contribution in [0.4, 0.5) is 4.79 Å². The number of thioether (sulfide) groups is 1. The summed E-state index contributed by atoms with van der Waals surface area (Å²) in [6, 6.07) is 11.9. The van der Waals surface area contributed by atoms with Crippen molar-refractivity contribution >= 4 is 46.9 Å². The maximum atomic E-state index is 12.9. The predicted molar refractivity (Wildman–Crippen MR) is 108 cm³/mol. The molecule has 0 saturated carbocycles. The first-order valence-electron chi connectivity index (χ1n) is 8.21. The summed E-state index contributed by atoms with van der Waals surface area (Å²) in [7, 11) is 1.57. The third-order valence-electron chi connectivity index (χ3n) is 4.41. The molecule has 1 N–H and O–H groups in total. The Morgan fingerprint density at radius 3 is 2.52 bits per heavy atom. The van der Waals surface area contributed by atoms with E-state index in [0.29, 0.717) is 27.1 Å². The molecule has 142 valence electrons. The fourth-order valence-corrected chi connectivity index (χ4v) is 4.28. The predicted octanol–water partition coefficient (Wildman–Crippen LogP) is 4.56. The van der Waals surface area contributed by atoms with Crippen molar-refractivity contribution in [1.29, 1.82) is 0 Å². The largest absolute Gasteiger partial charge is 0.497 e. The van der Waals surface area contributed by atoms with Gasteiger partial charge in [0, 0.05) is 22.2 Å². The van der Waals surface area contributed by atoms with Crippen molar-refractivity contribution < 1.29 is 14.3 Å². The van der Waals surface area contributed by atoms with Crippen LogP contribution in [-0.2, 0) is 10.3 Å². The number of urea groups is 1. The van der Waals surface area contributed by atoms with Gasteiger partial charge in [0.1, 0.15) is 11.3 Å². The quantitative estimate of drug-likeness (QED) is 0.545. The molecular formula is C19H18Cl2N2O3S. The summed E-state index contributed by atoms with van der Waals surface area (Å²) >= 11 is 13.6. The minimum Gasteiger partial charge on any atom is -0.497 e. The molecule has 5 nitrogen and oxygen atoms in total. The zero-order valence-corrected chi connectivity index (χ0v) is 17.1. The molecule has 3 rings (SSSR count). The van der Waals surface area contributed by atoms with E-state index in [1.165, 1.54) is 16.7 Å². The highest BCUT2D eigenvalue weighted by Crippen LogP contribution is 2.32. The average molecular weight is 425 g/mol. The van der Waals surface area contributed by atoms with Crippen molar-refractivity contribution in [2.45, 2.75) is 17.4 Å². The lowest BCUT2D eigenvalue weighted by atomic mass is 9.92. The highest BCUT2D eigenvalue weighted by Gasteiger charge is 2.48. The summed E-state index contributed by atoms with van der Waals surface area (Å²) in [4.78, 5) is 27.3. The molecule has 2 aromatic rings. The molecule has 0 spiro atoms. The van der Waals surface area contributed by atoms with E-state index >= 15 is 0 Å². The molecule has 1 atom stereocenters. The summed E-state index contributed by atoms with van der Waals surface area (Å²) in [6.07, 6.45) is 0. The van der Waals surface area contributed by atoms with E-state index in [-0.39, 0.29) is 12.5 Å². The number of carbonyl (C=O) groups excluding carboxylic acids is 2. The van der Waals surface area contributed by atoms with Gasteiger partial charge in [-0.3, -0.25) is 9.69 Å². The second kappa shape index (κ2) is 8.00. The van der Waals surface area contributed by atoms with E-state index in [4.69, 9.17) is 27.9 Å². The summed E-state index contributed by atoms with van der Waals surface area (Å²) in [5.41, 5.74) is -0.392. The summed E-state index contributed by atoms with van der Waals surface area (Å²) in [5.74, 6) is 0.916. The highest BCUT2D eigenvalue weighted by molar-refractivity contribution is 7.99. The van der Waals surface area contributed by atoms with E-state index < -0.39 is 11.6 Å². The zero-order valence-electron chi connectivity index (χ0n) is 14.8. The molecule has 1 unspecified atom stereocenters. The lowest BCUT2D eigenvalue weighted by Gasteiger charge is -2.22. The van der Waals surface area contributed by atoms with Crippen molar-refractivity contribution in [3.05, 3.63) is 58.1 Å². The Balaban J connectivity index is 1.69. The lowest BCUT2D eigenvalue weighted by Crippen LogP contribution is -2.41. The molecule has 1 saturated heterocycles.